The minimum atomic E-state index is -3.20. The van der Waals surface area contributed by atoms with E-state index in [0.29, 0.717) is 12.3 Å². The Balaban J connectivity index is 2.34. The molecule has 0 aliphatic rings. The zero-order valence-electron chi connectivity index (χ0n) is 12.5. The number of nitrogens with one attached hydrogen (secondary N) is 2. The molecule has 2 N–H and O–H groups in total. The van der Waals surface area contributed by atoms with Crippen molar-refractivity contribution < 1.29 is 17.9 Å². The van der Waals surface area contributed by atoms with Gasteiger partial charge in [0.15, 0.2) is 9.84 Å². The summed E-state index contributed by atoms with van der Waals surface area (Å²) in [6.07, 6.45) is 1.41. The van der Waals surface area contributed by atoms with Crippen LogP contribution in [0.4, 0.5) is 0 Å². The van der Waals surface area contributed by atoms with Crippen molar-refractivity contribution in [1.82, 2.24) is 10.6 Å². The number of benzene rings is 1. The van der Waals surface area contributed by atoms with Crippen LogP contribution in [0.1, 0.15) is 13.3 Å². The zero-order chi connectivity index (χ0) is 15.9. The maximum Gasteiger partial charge on any atom is 0.223 e. The minimum Gasteiger partial charge on any atom is -0.493 e. The molecule has 0 fully saturated rings. The molecule has 1 unspecified atom stereocenters. The molecule has 1 aromatic carbocycles. The van der Waals surface area contributed by atoms with E-state index in [1.165, 1.54) is 12.1 Å². The van der Waals surface area contributed by atoms with Crippen LogP contribution in [0.25, 0.3) is 0 Å². The van der Waals surface area contributed by atoms with E-state index in [4.69, 9.17) is 4.74 Å². The van der Waals surface area contributed by atoms with Gasteiger partial charge in [0.1, 0.15) is 5.75 Å². The van der Waals surface area contributed by atoms with Gasteiger partial charge in [0.25, 0.3) is 0 Å². The molecule has 21 heavy (non-hydrogen) atoms. The maximum atomic E-state index is 11.5. The number of hydrogen-bond donors (Lipinski definition) is 2. The average molecular weight is 314 g/mol. The van der Waals surface area contributed by atoms with Crippen LogP contribution in [0.2, 0.25) is 0 Å². The van der Waals surface area contributed by atoms with E-state index in [2.05, 4.69) is 10.6 Å². The Hall–Kier alpha value is -1.60. The standard InChI is InChI=1S/C14H22N2O4S/c1-11(15-2)10-16-14(17)8-9-20-12-4-6-13(7-5-12)21(3,18)19/h4-7,11,15H,8-10H2,1-3H3,(H,16,17). The van der Waals surface area contributed by atoms with Crippen LogP contribution in [0.5, 0.6) is 5.75 Å². The normalized spacial score (nSPS) is 12.7. The second-order valence-electron chi connectivity index (χ2n) is 4.84. The molecule has 7 heteroatoms. The number of sulfone groups is 1. The molecule has 0 saturated carbocycles. The van der Waals surface area contributed by atoms with E-state index in [9.17, 15) is 13.2 Å². The van der Waals surface area contributed by atoms with E-state index >= 15 is 0 Å². The van der Waals surface area contributed by atoms with Crippen LogP contribution in [0.3, 0.4) is 0 Å². The van der Waals surface area contributed by atoms with Gasteiger partial charge >= 0.3 is 0 Å². The van der Waals surface area contributed by atoms with E-state index in [-0.39, 0.29) is 29.9 Å². The molecule has 1 amide bonds. The maximum absolute atomic E-state index is 11.5. The van der Waals surface area contributed by atoms with E-state index in [1.54, 1.807) is 12.1 Å². The van der Waals surface area contributed by atoms with Crippen molar-refractivity contribution in [1.29, 1.82) is 0 Å². The summed E-state index contributed by atoms with van der Waals surface area (Å²) < 4.78 is 28.0. The molecule has 0 spiro atoms. The smallest absolute Gasteiger partial charge is 0.223 e. The van der Waals surface area contributed by atoms with Gasteiger partial charge in [-0.25, -0.2) is 8.42 Å². The van der Waals surface area contributed by atoms with E-state index < -0.39 is 9.84 Å². The summed E-state index contributed by atoms with van der Waals surface area (Å²) in [4.78, 5) is 11.8. The predicted octanol–water partition coefficient (Wildman–Crippen LogP) is 0.583. The Labute approximate surface area is 125 Å². The lowest BCUT2D eigenvalue weighted by molar-refractivity contribution is -0.121. The van der Waals surface area contributed by atoms with Crippen molar-refractivity contribution in [3.8, 4) is 5.75 Å². The van der Waals surface area contributed by atoms with Crippen molar-refractivity contribution in [2.75, 3.05) is 26.5 Å². The lowest BCUT2D eigenvalue weighted by Gasteiger charge is -2.11. The van der Waals surface area contributed by atoms with Gasteiger partial charge in [-0.3, -0.25) is 4.79 Å². The summed E-state index contributed by atoms with van der Waals surface area (Å²) in [5.74, 6) is 0.462. The summed E-state index contributed by atoms with van der Waals surface area (Å²) in [6, 6.07) is 6.35. The number of ether oxygens (including phenoxy) is 1. The largest absolute Gasteiger partial charge is 0.493 e. The molecule has 0 radical (unpaired) electrons. The Morgan fingerprint density at radius 3 is 2.43 bits per heavy atom. The van der Waals surface area contributed by atoms with Gasteiger partial charge in [0.2, 0.25) is 5.91 Å². The highest BCUT2D eigenvalue weighted by Crippen LogP contribution is 2.15. The lowest BCUT2D eigenvalue weighted by Crippen LogP contribution is -2.37. The highest BCUT2D eigenvalue weighted by Gasteiger charge is 2.07. The molecule has 1 rings (SSSR count). The molecule has 0 bridgehead atoms. The second kappa shape index (κ2) is 7.99. The van der Waals surface area contributed by atoms with Crippen molar-refractivity contribution in [3.05, 3.63) is 24.3 Å². The topological polar surface area (TPSA) is 84.5 Å². The minimum absolute atomic E-state index is 0.0788. The summed E-state index contributed by atoms with van der Waals surface area (Å²) in [7, 11) is -1.36. The fourth-order valence-corrected chi connectivity index (χ4v) is 2.13. The van der Waals surface area contributed by atoms with Gasteiger partial charge in [-0.2, -0.15) is 0 Å². The van der Waals surface area contributed by atoms with Crippen molar-refractivity contribution >= 4 is 15.7 Å². The van der Waals surface area contributed by atoms with Gasteiger partial charge in [-0.1, -0.05) is 0 Å². The molecule has 0 heterocycles. The Bertz CT molecular complexity index is 555. The predicted molar refractivity (Wildman–Crippen MR) is 81.2 cm³/mol. The van der Waals surface area contributed by atoms with Gasteiger partial charge in [-0.05, 0) is 38.2 Å². The van der Waals surface area contributed by atoms with E-state index in [0.717, 1.165) is 6.26 Å². The second-order valence-corrected chi connectivity index (χ2v) is 6.85. The summed E-state index contributed by atoms with van der Waals surface area (Å²) >= 11 is 0. The van der Waals surface area contributed by atoms with Crippen LogP contribution >= 0.6 is 0 Å². The fourth-order valence-electron chi connectivity index (χ4n) is 1.50. The first kappa shape index (κ1) is 17.5. The third-order valence-electron chi connectivity index (χ3n) is 2.95. The van der Waals surface area contributed by atoms with Crippen LogP contribution in [-0.4, -0.2) is 46.8 Å². The number of likely N-dealkylation sites (N-methyl/N-ethyl adjacent to an activating group) is 1. The van der Waals surface area contributed by atoms with Crippen LogP contribution in [-0.2, 0) is 14.6 Å². The SMILES string of the molecule is CNC(C)CNC(=O)CCOc1ccc(S(C)(=O)=O)cc1. The molecule has 0 aliphatic carbocycles. The fraction of sp³-hybridized carbons (Fsp3) is 0.500. The molecule has 1 aromatic rings. The van der Waals surface area contributed by atoms with Gasteiger partial charge in [0, 0.05) is 18.8 Å². The van der Waals surface area contributed by atoms with Gasteiger partial charge in [0.05, 0.1) is 17.9 Å². The first-order valence-corrected chi connectivity index (χ1v) is 8.59. The molecule has 1 atom stereocenters. The van der Waals surface area contributed by atoms with Crippen molar-refractivity contribution in [2.45, 2.75) is 24.3 Å². The molecular weight excluding hydrogens is 292 g/mol. The van der Waals surface area contributed by atoms with Gasteiger partial charge < -0.3 is 15.4 Å². The Kier molecular flexibility index (Phi) is 6.64. The first-order chi connectivity index (χ1) is 9.82. The highest BCUT2D eigenvalue weighted by atomic mass is 32.2. The average Bonchev–Trinajstić information content (AvgIpc) is 2.44. The molecule has 6 nitrogen and oxygen atoms in total. The summed E-state index contributed by atoms with van der Waals surface area (Å²) in [5, 5.41) is 5.81. The zero-order valence-corrected chi connectivity index (χ0v) is 13.4. The number of carbonyl (C=O) groups is 1. The number of carbonyl (C=O) groups excluding carboxylic acids is 1. The summed E-state index contributed by atoms with van der Waals surface area (Å²) in [5.41, 5.74) is 0. The number of amides is 1. The third-order valence-corrected chi connectivity index (χ3v) is 4.08. The molecule has 0 aliphatic heterocycles. The lowest BCUT2D eigenvalue weighted by atomic mass is 10.3. The van der Waals surface area contributed by atoms with Crippen molar-refractivity contribution in [3.63, 3.8) is 0 Å². The number of rotatable bonds is 8. The first-order valence-electron chi connectivity index (χ1n) is 6.70. The van der Waals surface area contributed by atoms with Gasteiger partial charge in [-0.15, -0.1) is 0 Å². The Morgan fingerprint density at radius 2 is 1.90 bits per heavy atom. The van der Waals surface area contributed by atoms with E-state index in [1.807, 2.05) is 14.0 Å². The molecule has 0 saturated heterocycles. The Morgan fingerprint density at radius 1 is 1.29 bits per heavy atom. The highest BCUT2D eigenvalue weighted by molar-refractivity contribution is 7.90. The summed E-state index contributed by atoms with van der Waals surface area (Å²) in [6.45, 7) is 2.79. The van der Waals surface area contributed by atoms with Crippen molar-refractivity contribution in [2.24, 2.45) is 0 Å². The molecular formula is C14H22N2O4S. The quantitative estimate of drug-likeness (QED) is 0.733. The van der Waals surface area contributed by atoms with Crippen LogP contribution < -0.4 is 15.4 Å². The molecule has 118 valence electrons. The van der Waals surface area contributed by atoms with Crippen LogP contribution in [0, 0.1) is 0 Å². The monoisotopic (exact) mass is 314 g/mol. The van der Waals surface area contributed by atoms with Crippen LogP contribution in [0.15, 0.2) is 29.2 Å². The molecule has 0 aromatic heterocycles. The third kappa shape index (κ3) is 6.59. The number of hydrogen-bond acceptors (Lipinski definition) is 5.